The van der Waals surface area contributed by atoms with Crippen LogP contribution in [-0.4, -0.2) is 34.1 Å². The summed E-state index contributed by atoms with van der Waals surface area (Å²) in [6.07, 6.45) is 3.04. The van der Waals surface area contributed by atoms with Gasteiger partial charge in [0, 0.05) is 24.7 Å². The molecule has 1 aromatic heterocycles. The Morgan fingerprint density at radius 3 is 2.84 bits per heavy atom. The summed E-state index contributed by atoms with van der Waals surface area (Å²) >= 11 is 0. The molecule has 0 bridgehead atoms. The van der Waals surface area contributed by atoms with Crippen molar-refractivity contribution in [1.29, 1.82) is 0 Å². The number of piperidine rings is 1. The second kappa shape index (κ2) is 3.66. The van der Waals surface area contributed by atoms with E-state index in [1.165, 1.54) is 6.42 Å². The maximum atomic E-state index is 11.2. The van der Waals surface area contributed by atoms with Crippen molar-refractivity contribution in [3.05, 3.63) is 30.0 Å². The molecule has 2 fully saturated rings. The number of carbonyl (C=O) groups is 1. The molecule has 2 unspecified atom stereocenters. The van der Waals surface area contributed by atoms with Crippen molar-refractivity contribution in [1.82, 2.24) is 9.97 Å². The number of nitrogens with zero attached hydrogens (tertiary/aromatic N) is 3. The standard InChI is InChI=1S/C14H13N3O2/c18-13(19)11-3-1-2-8-5-15-14(16-12(8)11)17-6-9-4-10(9)7-17/h1-3,5,9-10H,4,6-7H2,(H,18,19). The van der Waals surface area contributed by atoms with Gasteiger partial charge in [-0.15, -0.1) is 0 Å². The van der Waals surface area contributed by atoms with Gasteiger partial charge in [-0.05, 0) is 24.3 Å². The van der Waals surface area contributed by atoms with Gasteiger partial charge in [0.2, 0.25) is 5.95 Å². The van der Waals surface area contributed by atoms with Gasteiger partial charge in [-0.1, -0.05) is 12.1 Å². The van der Waals surface area contributed by atoms with E-state index in [1.54, 1.807) is 18.3 Å². The van der Waals surface area contributed by atoms with E-state index in [0.29, 0.717) is 11.5 Å². The third-order valence-corrected chi connectivity index (χ3v) is 4.09. The number of hydrogen-bond donors (Lipinski definition) is 1. The third-order valence-electron chi connectivity index (χ3n) is 4.09. The van der Waals surface area contributed by atoms with Crippen LogP contribution in [0.5, 0.6) is 0 Å². The van der Waals surface area contributed by atoms with Crippen LogP contribution in [0.2, 0.25) is 0 Å². The van der Waals surface area contributed by atoms with E-state index in [4.69, 9.17) is 0 Å². The molecule has 1 aromatic carbocycles. The first-order chi connectivity index (χ1) is 9.22. The quantitative estimate of drug-likeness (QED) is 0.886. The minimum Gasteiger partial charge on any atom is -0.478 e. The Balaban J connectivity index is 1.81. The molecular weight excluding hydrogens is 242 g/mol. The van der Waals surface area contributed by atoms with Gasteiger partial charge in [0.15, 0.2) is 0 Å². The molecule has 19 heavy (non-hydrogen) atoms. The number of aromatic nitrogens is 2. The Hall–Kier alpha value is -2.17. The van der Waals surface area contributed by atoms with Crippen LogP contribution >= 0.6 is 0 Å². The average molecular weight is 255 g/mol. The van der Waals surface area contributed by atoms with Gasteiger partial charge in [-0.25, -0.2) is 14.8 Å². The summed E-state index contributed by atoms with van der Waals surface area (Å²) in [5, 5.41) is 9.99. The highest BCUT2D eigenvalue weighted by Gasteiger charge is 2.45. The van der Waals surface area contributed by atoms with E-state index in [0.717, 1.165) is 30.3 Å². The molecule has 0 amide bonds. The normalized spacial score (nSPS) is 24.5. The Labute approximate surface area is 109 Å². The maximum absolute atomic E-state index is 11.2. The predicted molar refractivity (Wildman–Crippen MR) is 70.3 cm³/mol. The van der Waals surface area contributed by atoms with Crippen LogP contribution in [0.15, 0.2) is 24.4 Å². The highest BCUT2D eigenvalue weighted by Crippen LogP contribution is 2.45. The van der Waals surface area contributed by atoms with E-state index < -0.39 is 5.97 Å². The Morgan fingerprint density at radius 2 is 2.11 bits per heavy atom. The molecule has 96 valence electrons. The highest BCUT2D eigenvalue weighted by molar-refractivity contribution is 6.01. The molecule has 1 N–H and O–H groups in total. The van der Waals surface area contributed by atoms with Gasteiger partial charge < -0.3 is 10.0 Å². The van der Waals surface area contributed by atoms with E-state index in [9.17, 15) is 9.90 Å². The third kappa shape index (κ3) is 1.65. The van der Waals surface area contributed by atoms with Gasteiger partial charge in [-0.3, -0.25) is 0 Å². The van der Waals surface area contributed by atoms with Gasteiger partial charge in [-0.2, -0.15) is 0 Å². The Kier molecular flexibility index (Phi) is 2.07. The second-order valence-corrected chi connectivity index (χ2v) is 5.38. The maximum Gasteiger partial charge on any atom is 0.337 e. The fourth-order valence-electron chi connectivity index (χ4n) is 2.93. The van der Waals surface area contributed by atoms with E-state index in [1.807, 2.05) is 6.07 Å². The zero-order chi connectivity index (χ0) is 13.0. The number of aromatic carboxylic acids is 1. The van der Waals surface area contributed by atoms with Crippen molar-refractivity contribution in [2.24, 2.45) is 11.8 Å². The zero-order valence-corrected chi connectivity index (χ0v) is 10.3. The first-order valence-corrected chi connectivity index (χ1v) is 6.46. The monoisotopic (exact) mass is 255 g/mol. The molecule has 4 rings (SSSR count). The lowest BCUT2D eigenvalue weighted by atomic mass is 10.1. The number of hydrogen-bond acceptors (Lipinski definition) is 4. The molecule has 2 atom stereocenters. The SMILES string of the molecule is O=C(O)c1cccc2cnc(N3CC4CC4C3)nc12. The molecule has 0 radical (unpaired) electrons. The van der Waals surface area contributed by atoms with E-state index >= 15 is 0 Å². The topological polar surface area (TPSA) is 66.3 Å². The lowest BCUT2D eigenvalue weighted by molar-refractivity contribution is 0.0699. The van der Waals surface area contributed by atoms with Gasteiger partial charge in [0.25, 0.3) is 0 Å². The average Bonchev–Trinajstić information content (AvgIpc) is 3.04. The fourth-order valence-corrected chi connectivity index (χ4v) is 2.93. The number of benzene rings is 1. The minimum absolute atomic E-state index is 0.241. The summed E-state index contributed by atoms with van der Waals surface area (Å²) in [6.45, 7) is 2.01. The van der Waals surface area contributed by atoms with Crippen LogP contribution in [0, 0.1) is 11.8 Å². The van der Waals surface area contributed by atoms with Gasteiger partial charge in [0.05, 0.1) is 11.1 Å². The van der Waals surface area contributed by atoms with Crippen LogP contribution in [0.25, 0.3) is 10.9 Å². The van der Waals surface area contributed by atoms with Crippen molar-refractivity contribution < 1.29 is 9.90 Å². The van der Waals surface area contributed by atoms with Crippen molar-refractivity contribution in [2.75, 3.05) is 18.0 Å². The number of rotatable bonds is 2. The number of para-hydroxylation sites is 1. The van der Waals surface area contributed by atoms with Crippen LogP contribution in [0.4, 0.5) is 5.95 Å². The Bertz CT molecular complexity index is 675. The smallest absolute Gasteiger partial charge is 0.337 e. The molecule has 1 saturated heterocycles. The molecule has 5 heteroatoms. The van der Waals surface area contributed by atoms with E-state index in [-0.39, 0.29) is 5.56 Å². The molecule has 2 aromatic rings. The van der Waals surface area contributed by atoms with Crippen LogP contribution in [-0.2, 0) is 0 Å². The molecule has 0 spiro atoms. The lowest BCUT2D eigenvalue weighted by Crippen LogP contribution is -2.24. The summed E-state index contributed by atoms with van der Waals surface area (Å²) in [5.74, 6) is 1.32. The second-order valence-electron chi connectivity index (χ2n) is 5.38. The first-order valence-electron chi connectivity index (χ1n) is 6.46. The molecule has 5 nitrogen and oxygen atoms in total. The molecule has 1 aliphatic carbocycles. The number of carboxylic acids is 1. The first kappa shape index (κ1) is 10.7. The van der Waals surface area contributed by atoms with Crippen LogP contribution in [0.1, 0.15) is 16.8 Å². The number of fused-ring (bicyclic) bond motifs is 2. The highest BCUT2D eigenvalue weighted by atomic mass is 16.4. The lowest BCUT2D eigenvalue weighted by Gasteiger charge is -2.18. The largest absolute Gasteiger partial charge is 0.478 e. The van der Waals surface area contributed by atoms with Crippen molar-refractivity contribution in [3.8, 4) is 0 Å². The molecule has 2 aliphatic rings. The molecule has 2 heterocycles. The number of carboxylic acid groups (broad SMARTS) is 1. The van der Waals surface area contributed by atoms with Crippen molar-refractivity contribution in [2.45, 2.75) is 6.42 Å². The summed E-state index contributed by atoms with van der Waals surface area (Å²) in [5.41, 5.74) is 0.770. The van der Waals surface area contributed by atoms with Crippen molar-refractivity contribution >= 4 is 22.8 Å². The zero-order valence-electron chi connectivity index (χ0n) is 10.3. The Morgan fingerprint density at radius 1 is 1.32 bits per heavy atom. The van der Waals surface area contributed by atoms with Crippen molar-refractivity contribution in [3.63, 3.8) is 0 Å². The molecule has 1 aliphatic heterocycles. The van der Waals surface area contributed by atoms with E-state index in [2.05, 4.69) is 14.9 Å². The van der Waals surface area contributed by atoms with Gasteiger partial charge in [0.1, 0.15) is 0 Å². The molecule has 1 saturated carbocycles. The van der Waals surface area contributed by atoms with Crippen LogP contribution < -0.4 is 4.90 Å². The molecular formula is C14H13N3O2. The van der Waals surface area contributed by atoms with Gasteiger partial charge >= 0.3 is 5.97 Å². The summed E-state index contributed by atoms with van der Waals surface area (Å²) in [6, 6.07) is 5.15. The van der Waals surface area contributed by atoms with Crippen LogP contribution in [0.3, 0.4) is 0 Å². The predicted octanol–water partition coefficient (Wildman–Crippen LogP) is 1.78. The summed E-state index contributed by atoms with van der Waals surface area (Å²) < 4.78 is 0. The summed E-state index contributed by atoms with van der Waals surface area (Å²) in [7, 11) is 0. The summed E-state index contributed by atoms with van der Waals surface area (Å²) in [4.78, 5) is 22.2. The fraction of sp³-hybridized carbons (Fsp3) is 0.357. The minimum atomic E-state index is -0.945. The number of anilines is 1.